The average molecular weight is 266 g/mol. The first-order valence-electron chi connectivity index (χ1n) is 6.10. The van der Waals surface area contributed by atoms with Crippen LogP contribution < -0.4 is 5.32 Å². The molecule has 1 rings (SSSR count). The fourth-order valence-corrected chi connectivity index (χ4v) is 2.80. The Morgan fingerprint density at radius 2 is 2.06 bits per heavy atom. The highest BCUT2D eigenvalue weighted by Gasteiger charge is 2.54. The number of rotatable bonds is 6. The maximum absolute atomic E-state index is 11.9. The van der Waals surface area contributed by atoms with Crippen LogP contribution in [0.5, 0.6) is 0 Å². The van der Waals surface area contributed by atoms with E-state index in [1.54, 1.807) is 0 Å². The van der Waals surface area contributed by atoms with Crippen molar-refractivity contribution < 1.29 is 4.79 Å². The molecule has 2 nitrogen and oxygen atoms in total. The van der Waals surface area contributed by atoms with E-state index in [1.165, 1.54) is 0 Å². The predicted octanol–water partition coefficient (Wildman–Crippen LogP) is 3.51. The van der Waals surface area contributed by atoms with Gasteiger partial charge in [-0.05, 0) is 26.2 Å². The molecule has 0 aromatic carbocycles. The molecule has 0 bridgehead atoms. The van der Waals surface area contributed by atoms with Gasteiger partial charge < -0.3 is 5.32 Å². The Bertz CT molecular complexity index is 255. The average Bonchev–Trinajstić information content (AvgIpc) is 2.84. The van der Waals surface area contributed by atoms with Gasteiger partial charge in [0.05, 0.1) is 0 Å². The van der Waals surface area contributed by atoms with E-state index < -0.39 is 4.33 Å². The summed E-state index contributed by atoms with van der Waals surface area (Å²) in [5.74, 6) is 0.484. The number of carbonyl (C=O) groups is 1. The minimum Gasteiger partial charge on any atom is -0.353 e. The van der Waals surface area contributed by atoms with Gasteiger partial charge in [-0.25, -0.2) is 0 Å². The maximum atomic E-state index is 11.9. The lowest BCUT2D eigenvalue weighted by molar-refractivity contribution is -0.126. The van der Waals surface area contributed by atoms with Crippen molar-refractivity contribution in [2.24, 2.45) is 11.8 Å². The van der Waals surface area contributed by atoms with Crippen LogP contribution in [0.2, 0.25) is 0 Å². The monoisotopic (exact) mass is 265 g/mol. The first-order valence-corrected chi connectivity index (χ1v) is 6.86. The first kappa shape index (κ1) is 14.1. The molecule has 1 unspecified atom stereocenters. The van der Waals surface area contributed by atoms with Crippen LogP contribution in [0.1, 0.15) is 46.5 Å². The lowest BCUT2D eigenvalue weighted by Gasteiger charge is -2.19. The zero-order chi connectivity index (χ0) is 12.3. The number of nitrogens with one attached hydrogen (secondary N) is 1. The summed E-state index contributed by atoms with van der Waals surface area (Å²) in [6, 6.07) is 0.0772. The first-order chi connectivity index (χ1) is 7.42. The molecule has 1 fully saturated rings. The molecule has 1 saturated carbocycles. The molecule has 3 atom stereocenters. The lowest BCUT2D eigenvalue weighted by atomic mass is 9.99. The second-order valence-electron chi connectivity index (χ2n) is 4.76. The second kappa shape index (κ2) is 5.59. The second-order valence-corrected chi connectivity index (χ2v) is 6.31. The molecule has 0 heterocycles. The summed E-state index contributed by atoms with van der Waals surface area (Å²) in [6.07, 6.45) is 3.66. The third-order valence-electron chi connectivity index (χ3n) is 3.35. The largest absolute Gasteiger partial charge is 0.353 e. The molecule has 1 N–H and O–H groups in total. The van der Waals surface area contributed by atoms with Crippen LogP contribution in [0.4, 0.5) is 0 Å². The molecule has 16 heavy (non-hydrogen) atoms. The van der Waals surface area contributed by atoms with Gasteiger partial charge >= 0.3 is 0 Å². The van der Waals surface area contributed by atoms with E-state index in [2.05, 4.69) is 19.2 Å². The molecule has 0 aromatic heterocycles. The van der Waals surface area contributed by atoms with Crippen molar-refractivity contribution in [2.45, 2.75) is 56.8 Å². The number of amides is 1. The highest BCUT2D eigenvalue weighted by Crippen LogP contribution is 2.54. The van der Waals surface area contributed by atoms with Crippen LogP contribution in [-0.2, 0) is 4.79 Å². The van der Waals surface area contributed by atoms with Crippen molar-refractivity contribution in [3.05, 3.63) is 0 Å². The predicted molar refractivity (Wildman–Crippen MR) is 68.8 cm³/mol. The number of halogens is 2. The summed E-state index contributed by atoms with van der Waals surface area (Å²) < 4.78 is -0.612. The quantitative estimate of drug-likeness (QED) is 0.732. The van der Waals surface area contributed by atoms with Crippen LogP contribution in [0, 0.1) is 11.8 Å². The molecule has 0 saturated heterocycles. The minimum atomic E-state index is -0.612. The third-order valence-corrected chi connectivity index (χ3v) is 4.22. The Labute approximate surface area is 108 Å². The van der Waals surface area contributed by atoms with Crippen LogP contribution in [0.3, 0.4) is 0 Å². The third kappa shape index (κ3) is 3.53. The Kier molecular flexibility index (Phi) is 4.93. The van der Waals surface area contributed by atoms with Crippen molar-refractivity contribution in [2.75, 3.05) is 0 Å². The van der Waals surface area contributed by atoms with Gasteiger partial charge in [-0.15, -0.1) is 23.2 Å². The summed E-state index contributed by atoms with van der Waals surface area (Å²) in [5.41, 5.74) is 0. The fraction of sp³-hybridized carbons (Fsp3) is 0.917. The van der Waals surface area contributed by atoms with Crippen LogP contribution in [0.25, 0.3) is 0 Å². The zero-order valence-electron chi connectivity index (χ0n) is 10.2. The van der Waals surface area contributed by atoms with E-state index in [0.717, 1.165) is 25.7 Å². The Morgan fingerprint density at radius 3 is 2.44 bits per heavy atom. The van der Waals surface area contributed by atoms with E-state index in [-0.39, 0.29) is 23.8 Å². The zero-order valence-corrected chi connectivity index (χ0v) is 11.7. The van der Waals surface area contributed by atoms with Gasteiger partial charge in [0, 0.05) is 17.9 Å². The molecule has 94 valence electrons. The normalized spacial score (nSPS) is 25.9. The highest BCUT2D eigenvalue weighted by atomic mass is 35.5. The smallest absolute Gasteiger partial charge is 0.223 e. The van der Waals surface area contributed by atoms with Crippen molar-refractivity contribution in [3.8, 4) is 0 Å². The standard InChI is InChI=1S/C12H21Cl2NO/c1-4-6-9(5-2)11(16)15-8(3)10-7-12(10,13)14/h8-10H,4-7H2,1-3H3,(H,15,16)/t8-,9?,10-/m1/s1. The molecule has 1 amide bonds. The van der Waals surface area contributed by atoms with Crippen molar-refractivity contribution in [1.29, 1.82) is 0 Å². The van der Waals surface area contributed by atoms with E-state index >= 15 is 0 Å². The van der Waals surface area contributed by atoms with Gasteiger partial charge in [0.2, 0.25) is 5.91 Å². The van der Waals surface area contributed by atoms with E-state index in [1.807, 2.05) is 6.92 Å². The summed E-state index contributed by atoms with van der Waals surface area (Å²) in [7, 11) is 0. The maximum Gasteiger partial charge on any atom is 0.223 e. The lowest BCUT2D eigenvalue weighted by Crippen LogP contribution is -2.39. The minimum absolute atomic E-state index is 0.0772. The number of alkyl halides is 2. The molecule has 0 spiro atoms. The summed E-state index contributed by atoms with van der Waals surface area (Å²) in [4.78, 5) is 11.9. The number of carbonyl (C=O) groups excluding carboxylic acids is 1. The molecule has 4 heteroatoms. The summed E-state index contributed by atoms with van der Waals surface area (Å²) >= 11 is 11.9. The fourth-order valence-electron chi connectivity index (χ4n) is 2.09. The van der Waals surface area contributed by atoms with Gasteiger partial charge in [0.1, 0.15) is 4.33 Å². The molecular formula is C12H21Cl2NO. The van der Waals surface area contributed by atoms with E-state index in [4.69, 9.17) is 23.2 Å². The Hall–Kier alpha value is 0.0500. The van der Waals surface area contributed by atoms with Gasteiger partial charge in [-0.3, -0.25) is 4.79 Å². The van der Waals surface area contributed by atoms with Gasteiger partial charge in [0.15, 0.2) is 0 Å². The highest BCUT2D eigenvalue weighted by molar-refractivity contribution is 6.50. The summed E-state index contributed by atoms with van der Waals surface area (Å²) in [6.45, 7) is 6.13. The van der Waals surface area contributed by atoms with Gasteiger partial charge in [-0.1, -0.05) is 20.3 Å². The molecule has 0 aliphatic heterocycles. The van der Waals surface area contributed by atoms with Gasteiger partial charge in [0.25, 0.3) is 0 Å². The molecule has 1 aliphatic carbocycles. The number of hydrogen-bond acceptors (Lipinski definition) is 1. The van der Waals surface area contributed by atoms with Crippen LogP contribution >= 0.6 is 23.2 Å². The summed E-state index contributed by atoms with van der Waals surface area (Å²) in [5, 5.41) is 3.03. The van der Waals surface area contributed by atoms with Crippen molar-refractivity contribution >= 4 is 29.1 Å². The molecule has 1 aliphatic rings. The van der Waals surface area contributed by atoms with Crippen molar-refractivity contribution in [3.63, 3.8) is 0 Å². The Morgan fingerprint density at radius 1 is 1.50 bits per heavy atom. The van der Waals surface area contributed by atoms with E-state index in [9.17, 15) is 4.79 Å². The molecule has 0 aromatic rings. The van der Waals surface area contributed by atoms with Crippen molar-refractivity contribution in [1.82, 2.24) is 5.32 Å². The van der Waals surface area contributed by atoms with Gasteiger partial charge in [-0.2, -0.15) is 0 Å². The van der Waals surface area contributed by atoms with Crippen LogP contribution in [0.15, 0.2) is 0 Å². The topological polar surface area (TPSA) is 29.1 Å². The SMILES string of the molecule is CCCC(CC)C(=O)N[C@H](C)[C@H]1CC1(Cl)Cl. The molecule has 0 radical (unpaired) electrons. The Balaban J connectivity index is 2.38. The number of hydrogen-bond donors (Lipinski definition) is 1. The van der Waals surface area contributed by atoms with Crippen LogP contribution in [-0.4, -0.2) is 16.3 Å². The van der Waals surface area contributed by atoms with E-state index in [0.29, 0.717) is 0 Å². The molecular weight excluding hydrogens is 245 g/mol.